The van der Waals surface area contributed by atoms with Crippen molar-refractivity contribution in [3.8, 4) is 0 Å². The van der Waals surface area contributed by atoms with Crippen LogP contribution in [0.4, 0.5) is 0 Å². The van der Waals surface area contributed by atoms with Crippen LogP contribution in [0.3, 0.4) is 0 Å². The molecule has 0 aromatic carbocycles. The molecule has 3 fully saturated rings. The minimum absolute atomic E-state index is 0.0193. The maximum atomic E-state index is 14.5. The van der Waals surface area contributed by atoms with Crippen LogP contribution in [0.2, 0.25) is 0 Å². The molecule has 0 aromatic heterocycles. The van der Waals surface area contributed by atoms with Gasteiger partial charge in [0.2, 0.25) is 41.4 Å². The smallest absolute Gasteiger partial charge is 0.396 e. The second-order valence-corrected chi connectivity index (χ2v) is 30.3. The molecule has 3 aliphatic rings. The summed E-state index contributed by atoms with van der Waals surface area (Å²) in [5.41, 5.74) is 0. The van der Waals surface area contributed by atoms with Crippen LogP contribution in [-0.2, 0) is 90.0 Å². The van der Waals surface area contributed by atoms with Crippen molar-refractivity contribution < 1.29 is 146 Å². The molecule has 37 nitrogen and oxygen atoms in total. The van der Waals surface area contributed by atoms with Crippen molar-refractivity contribution >= 4 is 66.5 Å². The van der Waals surface area contributed by atoms with Gasteiger partial charge in [-0.05, 0) is 109 Å². The van der Waals surface area contributed by atoms with Crippen LogP contribution in [-0.4, -0.2) is 292 Å². The number of carbonyl (C=O) groups is 10. The van der Waals surface area contributed by atoms with Crippen LogP contribution in [0.5, 0.6) is 0 Å². The fourth-order valence-corrected chi connectivity index (χ4v) is 13.4. The Hall–Kier alpha value is -5.23. The summed E-state index contributed by atoms with van der Waals surface area (Å²) in [6.45, 7) is 2.14. The molecular weight excluding hydrogens is 1490 g/mol. The Morgan fingerprint density at radius 1 is 0.405 bits per heavy atom. The minimum Gasteiger partial charge on any atom is -0.396 e. The molecule has 0 bridgehead atoms. The number of ether oxygens (including phenoxy) is 6. The molecule has 3 heterocycles. The number of phosphoric acid groups is 1. The van der Waals surface area contributed by atoms with E-state index in [1.54, 1.807) is 0 Å². The fraction of sp³-hybridized carbons (Fsp3) is 0.863. The number of Topliss-reactive ketones (excluding diaryl/α,β-unsaturated/α-hetero) is 3. The Kier molecular flexibility index (Phi) is 51.3. The number of hydrogen-bond donors (Lipinski definition) is 18. The van der Waals surface area contributed by atoms with Gasteiger partial charge in [-0.2, -0.15) is 0 Å². The molecule has 0 aliphatic carbocycles. The van der Waals surface area contributed by atoms with Crippen molar-refractivity contribution in [2.45, 2.75) is 324 Å². The van der Waals surface area contributed by atoms with Gasteiger partial charge in [0.25, 0.3) is 0 Å². The average molecular weight is 1620 g/mol. The SMILES string of the molecule is COP(=O)(O)OCC[C@@H](CO)CC(=O)CCCCCCCNC(=O)CCCCCCC(=O)[C@H](CCCCNC(=O)CCCCO[C@@H]1O[C@H](CO)[C@H](O)[C@H](O)[C@H]1NC(C)=O)NC(=O)[C@H](CCCCCC(=O)CCCCO[C@@H]1O[C@H](CO)[C@H](O)[C@H](O)[C@H]1NC(C)=O)NC(=O)CCCCO[C@@H]1O[C@H](CO)[C@H](O)[C@H](O)[C@H]1NC(C)=O. The molecule has 3 rings (SSSR count). The lowest BCUT2D eigenvalue weighted by atomic mass is 9.97. The lowest BCUT2D eigenvalue weighted by molar-refractivity contribution is -0.270. The quantitative estimate of drug-likeness (QED) is 0.0263. The number of phosphoric ester groups is 1. The highest BCUT2D eigenvalue weighted by molar-refractivity contribution is 7.47. The Labute approximate surface area is 650 Å². The van der Waals surface area contributed by atoms with Crippen molar-refractivity contribution in [1.82, 2.24) is 37.2 Å². The molecular formula is C73H130N7O30P. The van der Waals surface area contributed by atoms with Gasteiger partial charge in [0.1, 0.15) is 90.7 Å². The minimum atomic E-state index is -4.14. The summed E-state index contributed by atoms with van der Waals surface area (Å²) in [4.78, 5) is 139. The predicted molar refractivity (Wildman–Crippen MR) is 395 cm³/mol. The predicted octanol–water partition coefficient (Wildman–Crippen LogP) is -0.758. The zero-order chi connectivity index (χ0) is 82.3. The van der Waals surface area contributed by atoms with Crippen molar-refractivity contribution in [1.29, 1.82) is 0 Å². The highest BCUT2D eigenvalue weighted by Crippen LogP contribution is 2.42. The maximum absolute atomic E-state index is 14.5. The number of rotatable bonds is 62. The average Bonchev–Trinajstić information content (AvgIpc) is 0.820. The van der Waals surface area contributed by atoms with E-state index in [1.807, 2.05) is 0 Å². The highest BCUT2D eigenvalue weighted by atomic mass is 31.2. The van der Waals surface area contributed by atoms with E-state index < -0.39 is 167 Å². The number of aliphatic hydroxyl groups is 10. The summed E-state index contributed by atoms with van der Waals surface area (Å²) in [5.74, 6) is -3.81. The summed E-state index contributed by atoms with van der Waals surface area (Å²) in [6, 6.07) is -5.56. The summed E-state index contributed by atoms with van der Waals surface area (Å²) in [5, 5.41) is 121. The normalized spacial score (nSPS) is 25.3. The van der Waals surface area contributed by atoms with Gasteiger partial charge in [-0.3, -0.25) is 57.0 Å². The first-order valence-corrected chi connectivity index (χ1v) is 40.9. The van der Waals surface area contributed by atoms with E-state index in [0.717, 1.165) is 32.8 Å². The highest BCUT2D eigenvalue weighted by Gasteiger charge is 2.48. The van der Waals surface area contributed by atoms with Gasteiger partial charge in [0.05, 0.1) is 32.5 Å². The van der Waals surface area contributed by atoms with E-state index in [2.05, 4.69) is 41.7 Å². The van der Waals surface area contributed by atoms with Gasteiger partial charge in [-0.15, -0.1) is 0 Å². The van der Waals surface area contributed by atoms with E-state index in [4.69, 9.17) is 32.9 Å². The molecule has 3 saturated heterocycles. The molecule has 111 heavy (non-hydrogen) atoms. The Balaban J connectivity index is 1.62. The van der Waals surface area contributed by atoms with E-state index in [1.165, 1.54) is 20.8 Å². The summed E-state index contributed by atoms with van der Waals surface area (Å²) in [6.07, 6.45) is -4.15. The van der Waals surface area contributed by atoms with Crippen LogP contribution in [0.15, 0.2) is 0 Å². The Bertz CT molecular complexity index is 2790. The van der Waals surface area contributed by atoms with E-state index in [0.29, 0.717) is 103 Å². The Morgan fingerprint density at radius 2 is 0.766 bits per heavy atom. The summed E-state index contributed by atoms with van der Waals surface area (Å²) < 4.78 is 54.8. The largest absolute Gasteiger partial charge is 0.471 e. The van der Waals surface area contributed by atoms with E-state index in [-0.39, 0.29) is 146 Å². The molecule has 0 spiro atoms. The number of carbonyl (C=O) groups excluding carboxylic acids is 10. The number of hydrogen-bond acceptors (Lipinski definition) is 29. The zero-order valence-corrected chi connectivity index (χ0v) is 65.9. The molecule has 19 atom stereocenters. The van der Waals surface area contributed by atoms with Crippen molar-refractivity contribution in [3.05, 3.63) is 0 Å². The number of nitrogens with one attached hydrogen (secondary N) is 7. The van der Waals surface area contributed by atoms with Crippen LogP contribution >= 0.6 is 7.82 Å². The van der Waals surface area contributed by atoms with Crippen molar-refractivity contribution in [3.63, 3.8) is 0 Å². The molecule has 0 radical (unpaired) electrons. The summed E-state index contributed by atoms with van der Waals surface area (Å²) >= 11 is 0. The molecule has 38 heteroatoms. The third-order valence-electron chi connectivity index (χ3n) is 19.4. The van der Waals surface area contributed by atoms with Crippen LogP contribution < -0.4 is 37.2 Å². The molecule has 18 N–H and O–H groups in total. The van der Waals surface area contributed by atoms with Gasteiger partial charge >= 0.3 is 7.82 Å². The van der Waals surface area contributed by atoms with Gasteiger partial charge in [-0.1, -0.05) is 44.9 Å². The number of amides is 7. The Morgan fingerprint density at radius 3 is 1.20 bits per heavy atom. The monoisotopic (exact) mass is 1620 g/mol. The molecule has 0 aromatic rings. The van der Waals surface area contributed by atoms with Gasteiger partial charge in [-0.25, -0.2) is 4.57 Å². The molecule has 3 aliphatic heterocycles. The van der Waals surface area contributed by atoms with Crippen LogP contribution in [0.25, 0.3) is 0 Å². The maximum Gasteiger partial charge on any atom is 0.471 e. The molecule has 0 saturated carbocycles. The first-order valence-electron chi connectivity index (χ1n) is 39.4. The third kappa shape index (κ3) is 40.8. The van der Waals surface area contributed by atoms with Crippen molar-refractivity contribution in [2.24, 2.45) is 5.92 Å². The number of aliphatic hydroxyl groups excluding tert-OH is 10. The topological polar surface area (TPSA) is 568 Å². The van der Waals surface area contributed by atoms with Gasteiger partial charge in [0, 0.05) is 119 Å². The molecule has 7 amide bonds. The first-order chi connectivity index (χ1) is 53.0. The lowest BCUT2D eigenvalue weighted by Gasteiger charge is -2.42. The zero-order valence-electron chi connectivity index (χ0n) is 65.0. The van der Waals surface area contributed by atoms with Crippen LogP contribution in [0, 0.1) is 5.92 Å². The number of ketones is 3. The third-order valence-corrected chi connectivity index (χ3v) is 20.4. The second-order valence-electron chi connectivity index (χ2n) is 28.8. The van der Waals surface area contributed by atoms with Crippen molar-refractivity contribution in [2.75, 3.05) is 73.1 Å². The van der Waals surface area contributed by atoms with E-state index >= 15 is 0 Å². The summed E-state index contributed by atoms with van der Waals surface area (Å²) in [7, 11) is -3.10. The molecule has 1 unspecified atom stereocenters. The fourth-order valence-electron chi connectivity index (χ4n) is 13.0. The lowest BCUT2D eigenvalue weighted by Crippen LogP contribution is -2.64. The second kappa shape index (κ2) is 56.9. The molecule has 642 valence electrons. The standard InChI is InChI=1S/C73H130N7O30P/c1-46(85)76-61-67(97)64(94)55(43-82)108-71(61)104-37-22-17-26-50(88)25-12-10-13-29-53(79-60(93)33-19-24-39-106-73-63(78-48(3)87)69(99)66(96)57(45-84)110-73)70(100)80-52(28-16-21-36-75-59(92)32-18-23-38-105-72-62(77-47(2)86)68(98)65(95)56(44-83)109-72)54(90)30-14-7-8-15-31-58(91)74-35-20-9-5-6-11-27-51(89)41-49(42-81)34-40-107-111(101,102)103-4/h49,52-53,55-57,61-69,71-73,81-84,94-99H,5-45H2,1-4H3,(H,74,91)(H,75,92)(H,76,85)(H,77,86)(H,78,87)(H,79,93)(H,80,100)(H,101,102)/t49-,52+,53+,55-,56-,57-,61-,62-,63-,64+,65+,66+,67-,68-,69-,71-,72-,73-/m1/s1. The first kappa shape index (κ1) is 100.0. The van der Waals surface area contributed by atoms with E-state index in [9.17, 15) is 108 Å². The van der Waals surface area contributed by atoms with Crippen LogP contribution in [0.1, 0.15) is 220 Å². The van der Waals surface area contributed by atoms with Gasteiger partial charge < -0.3 is 122 Å². The number of unbranched alkanes of at least 4 members (excludes halogenated alkanes) is 13. The van der Waals surface area contributed by atoms with Gasteiger partial charge in [0.15, 0.2) is 24.7 Å².